The van der Waals surface area contributed by atoms with Crippen LogP contribution in [0, 0.1) is 4.77 Å². The fourth-order valence-corrected chi connectivity index (χ4v) is 3.83. The van der Waals surface area contributed by atoms with Crippen LogP contribution in [0.15, 0.2) is 18.2 Å². The van der Waals surface area contributed by atoms with Gasteiger partial charge in [0.05, 0.1) is 32.6 Å². The molecule has 9 heteroatoms. The maximum absolute atomic E-state index is 6.12. The molecule has 0 bridgehead atoms. The third kappa shape index (κ3) is 3.52. The lowest BCUT2D eigenvalue weighted by atomic mass is 10.0. The summed E-state index contributed by atoms with van der Waals surface area (Å²) in [6.07, 6.45) is 1.73. The first kappa shape index (κ1) is 17.9. The van der Waals surface area contributed by atoms with Crippen LogP contribution in [0.25, 0.3) is 11.4 Å². The lowest BCUT2D eigenvalue weighted by Gasteiger charge is -2.37. The highest BCUT2D eigenvalue weighted by Gasteiger charge is 2.39. The van der Waals surface area contributed by atoms with Crippen LogP contribution in [-0.4, -0.2) is 58.9 Å². The van der Waals surface area contributed by atoms with Gasteiger partial charge in [0.15, 0.2) is 11.6 Å². The normalized spacial score (nSPS) is 19.9. The lowest BCUT2D eigenvalue weighted by molar-refractivity contribution is -0.187. The van der Waals surface area contributed by atoms with Crippen molar-refractivity contribution in [2.24, 2.45) is 0 Å². The van der Waals surface area contributed by atoms with E-state index in [1.54, 1.807) is 13.2 Å². The van der Waals surface area contributed by atoms with Gasteiger partial charge in [0.25, 0.3) is 0 Å². The van der Waals surface area contributed by atoms with Gasteiger partial charge in [-0.2, -0.15) is 4.98 Å². The van der Waals surface area contributed by atoms with Gasteiger partial charge in [-0.3, -0.25) is 10.00 Å². The number of likely N-dealkylation sites (tertiary alicyclic amines) is 1. The summed E-state index contributed by atoms with van der Waals surface area (Å²) in [5, 5.41) is 3.88. The molecule has 2 aromatic rings. The summed E-state index contributed by atoms with van der Waals surface area (Å²) in [5.41, 5.74) is 0.787. The second-order valence-electron chi connectivity index (χ2n) is 6.49. The Morgan fingerprint density at radius 3 is 2.73 bits per heavy atom. The maximum Gasteiger partial charge on any atom is 0.217 e. The summed E-state index contributed by atoms with van der Waals surface area (Å²) in [7, 11) is 1.62. The molecule has 26 heavy (non-hydrogen) atoms. The minimum atomic E-state index is -0.370. The average Bonchev–Trinajstić information content (AvgIpc) is 3.24. The van der Waals surface area contributed by atoms with E-state index in [9.17, 15) is 0 Å². The van der Waals surface area contributed by atoms with Crippen molar-refractivity contribution in [2.45, 2.75) is 25.3 Å². The van der Waals surface area contributed by atoms with Crippen LogP contribution < -0.4 is 4.74 Å². The first-order chi connectivity index (χ1) is 12.6. The van der Waals surface area contributed by atoms with E-state index in [2.05, 4.69) is 15.0 Å². The Labute approximate surface area is 161 Å². The zero-order chi connectivity index (χ0) is 18.1. The SMILES string of the molecule is COc1ccc(Cl)cc1-c1nc(=S)n(CN2CCC3(CC2)OCCO3)[nH]1. The number of aromatic nitrogens is 3. The smallest absolute Gasteiger partial charge is 0.217 e. The first-order valence-electron chi connectivity index (χ1n) is 8.60. The van der Waals surface area contributed by atoms with E-state index in [0.717, 1.165) is 31.5 Å². The molecule has 2 fully saturated rings. The Kier molecular flexibility index (Phi) is 5.02. The van der Waals surface area contributed by atoms with Crippen LogP contribution in [0.4, 0.5) is 0 Å². The molecule has 0 aliphatic carbocycles. The molecule has 0 amide bonds. The number of nitrogens with one attached hydrogen (secondary N) is 1. The Balaban J connectivity index is 1.49. The van der Waals surface area contributed by atoms with Crippen LogP contribution in [0.2, 0.25) is 5.02 Å². The number of hydrogen-bond donors (Lipinski definition) is 1. The van der Waals surface area contributed by atoms with Gasteiger partial charge >= 0.3 is 0 Å². The predicted molar refractivity (Wildman–Crippen MR) is 99.9 cm³/mol. The summed E-state index contributed by atoms with van der Waals surface area (Å²) < 4.78 is 19.3. The first-order valence-corrected chi connectivity index (χ1v) is 9.38. The highest BCUT2D eigenvalue weighted by molar-refractivity contribution is 7.71. The number of benzene rings is 1. The molecular weight excluding hydrogens is 376 g/mol. The van der Waals surface area contributed by atoms with Crippen LogP contribution in [0.3, 0.4) is 0 Å². The molecule has 1 aromatic carbocycles. The van der Waals surface area contributed by atoms with E-state index in [4.69, 9.17) is 38.0 Å². The van der Waals surface area contributed by atoms with Crippen molar-refractivity contribution in [3.05, 3.63) is 28.0 Å². The van der Waals surface area contributed by atoms with Crippen LogP contribution in [-0.2, 0) is 16.1 Å². The van der Waals surface area contributed by atoms with Crippen molar-refractivity contribution >= 4 is 23.8 Å². The van der Waals surface area contributed by atoms with E-state index in [-0.39, 0.29) is 5.79 Å². The Hall–Kier alpha value is -1.45. The molecule has 1 aromatic heterocycles. The number of methoxy groups -OCH3 is 1. The number of halogens is 1. The van der Waals surface area contributed by atoms with Gasteiger partial charge in [-0.1, -0.05) is 11.6 Å². The Morgan fingerprint density at radius 1 is 1.31 bits per heavy atom. The molecule has 1 spiro atoms. The molecule has 2 aliphatic rings. The highest BCUT2D eigenvalue weighted by Crippen LogP contribution is 2.32. The van der Waals surface area contributed by atoms with E-state index in [1.165, 1.54) is 0 Å². The minimum Gasteiger partial charge on any atom is -0.496 e. The van der Waals surface area contributed by atoms with Crippen molar-refractivity contribution in [1.82, 2.24) is 19.7 Å². The number of rotatable bonds is 4. The fourth-order valence-electron chi connectivity index (χ4n) is 3.46. The largest absolute Gasteiger partial charge is 0.496 e. The molecule has 0 radical (unpaired) electrons. The fraction of sp³-hybridized carbons (Fsp3) is 0.529. The second kappa shape index (κ2) is 7.28. The van der Waals surface area contributed by atoms with Crippen molar-refractivity contribution in [2.75, 3.05) is 33.4 Å². The standard InChI is InChI=1S/C17H21ClN4O3S/c1-23-14-3-2-12(18)10-13(14)15-19-16(26)22(20-15)11-21-6-4-17(5-7-21)24-8-9-25-17/h2-3,10H,4-9,11H2,1H3,(H,19,20,26). The van der Waals surface area contributed by atoms with Crippen molar-refractivity contribution < 1.29 is 14.2 Å². The quantitative estimate of drug-likeness (QED) is 0.801. The third-order valence-electron chi connectivity index (χ3n) is 4.87. The average molecular weight is 397 g/mol. The van der Waals surface area contributed by atoms with Crippen molar-refractivity contribution in [1.29, 1.82) is 0 Å². The second-order valence-corrected chi connectivity index (χ2v) is 7.30. The van der Waals surface area contributed by atoms with Crippen molar-refractivity contribution in [3.63, 3.8) is 0 Å². The van der Waals surface area contributed by atoms with Crippen LogP contribution >= 0.6 is 23.8 Å². The molecule has 2 saturated heterocycles. The number of piperidine rings is 1. The Morgan fingerprint density at radius 2 is 2.04 bits per heavy atom. The highest BCUT2D eigenvalue weighted by atomic mass is 35.5. The van der Waals surface area contributed by atoms with Gasteiger partial charge in [0, 0.05) is 31.0 Å². The molecule has 140 valence electrons. The number of aromatic amines is 1. The van der Waals surface area contributed by atoms with Gasteiger partial charge in [0.1, 0.15) is 5.75 Å². The predicted octanol–water partition coefficient (Wildman–Crippen LogP) is 3.07. The third-order valence-corrected chi connectivity index (χ3v) is 5.42. The summed E-state index contributed by atoms with van der Waals surface area (Å²) in [6.45, 7) is 3.80. The van der Waals surface area contributed by atoms with Gasteiger partial charge in [-0.15, -0.1) is 0 Å². The van der Waals surface area contributed by atoms with Gasteiger partial charge in [0.2, 0.25) is 4.77 Å². The molecule has 7 nitrogen and oxygen atoms in total. The monoisotopic (exact) mass is 396 g/mol. The van der Waals surface area contributed by atoms with Gasteiger partial charge in [-0.05, 0) is 30.4 Å². The van der Waals surface area contributed by atoms with E-state index >= 15 is 0 Å². The molecule has 0 unspecified atom stereocenters. The lowest BCUT2D eigenvalue weighted by Crippen LogP contribution is -2.45. The topological polar surface area (TPSA) is 64.5 Å². The van der Waals surface area contributed by atoms with Gasteiger partial charge < -0.3 is 14.2 Å². The summed E-state index contributed by atoms with van der Waals surface area (Å²) >= 11 is 11.5. The van der Waals surface area contributed by atoms with E-state index in [0.29, 0.717) is 41.3 Å². The van der Waals surface area contributed by atoms with E-state index in [1.807, 2.05) is 16.8 Å². The zero-order valence-corrected chi connectivity index (χ0v) is 16.1. The maximum atomic E-state index is 6.12. The summed E-state index contributed by atoms with van der Waals surface area (Å²) in [5.74, 6) is 0.969. The molecule has 1 N–H and O–H groups in total. The molecule has 2 aliphatic heterocycles. The van der Waals surface area contributed by atoms with Crippen LogP contribution in [0.5, 0.6) is 5.75 Å². The molecule has 3 heterocycles. The number of hydrogen-bond acceptors (Lipinski definition) is 6. The van der Waals surface area contributed by atoms with Crippen molar-refractivity contribution in [3.8, 4) is 17.1 Å². The number of nitrogens with zero attached hydrogens (tertiary/aromatic N) is 3. The molecule has 4 rings (SSSR count). The minimum absolute atomic E-state index is 0.370. The molecule has 0 atom stereocenters. The number of H-pyrrole nitrogens is 1. The summed E-state index contributed by atoms with van der Waals surface area (Å²) in [6, 6.07) is 5.42. The summed E-state index contributed by atoms with van der Waals surface area (Å²) in [4.78, 5) is 6.78. The van der Waals surface area contributed by atoms with E-state index < -0.39 is 0 Å². The van der Waals surface area contributed by atoms with Gasteiger partial charge in [-0.25, -0.2) is 4.68 Å². The van der Waals surface area contributed by atoms with Crippen LogP contribution in [0.1, 0.15) is 12.8 Å². The molecule has 0 saturated carbocycles. The number of ether oxygens (including phenoxy) is 3. The molecular formula is C17H21ClN4O3S. The Bertz CT molecular complexity index is 837. The zero-order valence-electron chi connectivity index (χ0n) is 14.5.